The molecule has 9 nitrogen and oxygen atoms in total. The van der Waals surface area contributed by atoms with E-state index in [1.807, 2.05) is 36.4 Å². The zero-order chi connectivity index (χ0) is 31.2. The molecule has 43 heavy (non-hydrogen) atoms. The molecule has 3 aromatic carbocycles. The Bertz CT molecular complexity index is 1440. The van der Waals surface area contributed by atoms with E-state index in [4.69, 9.17) is 23.7 Å². The van der Waals surface area contributed by atoms with Crippen LogP contribution in [0.5, 0.6) is 11.5 Å². The second kappa shape index (κ2) is 16.4. The van der Waals surface area contributed by atoms with Gasteiger partial charge in [-0.05, 0) is 60.4 Å². The van der Waals surface area contributed by atoms with Gasteiger partial charge in [0.15, 0.2) is 6.79 Å². The van der Waals surface area contributed by atoms with Crippen molar-refractivity contribution in [2.45, 2.75) is 39.7 Å². The summed E-state index contributed by atoms with van der Waals surface area (Å²) in [5, 5.41) is 0. The standard InChI is InChI=1S/C34H34O9/c1-23(2)33(37)40-18-17-25-5-7-26(8-6-25)19-31(35)42-29-13-15-30(16-14-29)43-32(36)20-27-9-11-28(12-10-27)21-39-22-41-34(38)24(3)4/h5-16H,1,3,17-22H2,2,4H3. The molecular weight excluding hydrogens is 552 g/mol. The first-order valence-corrected chi connectivity index (χ1v) is 13.5. The van der Waals surface area contributed by atoms with E-state index in [1.165, 1.54) is 0 Å². The fourth-order valence-electron chi connectivity index (χ4n) is 3.58. The van der Waals surface area contributed by atoms with Gasteiger partial charge in [0.05, 0.1) is 26.1 Å². The van der Waals surface area contributed by atoms with Gasteiger partial charge in [-0.25, -0.2) is 9.59 Å². The van der Waals surface area contributed by atoms with Gasteiger partial charge in [-0.15, -0.1) is 0 Å². The highest BCUT2D eigenvalue weighted by molar-refractivity contribution is 5.87. The molecule has 9 heteroatoms. The largest absolute Gasteiger partial charge is 0.462 e. The van der Waals surface area contributed by atoms with Crippen LogP contribution in [0.2, 0.25) is 0 Å². The zero-order valence-corrected chi connectivity index (χ0v) is 24.3. The summed E-state index contributed by atoms with van der Waals surface area (Å²) < 4.78 is 26.1. The van der Waals surface area contributed by atoms with Crippen molar-refractivity contribution >= 4 is 23.9 Å². The Balaban J connectivity index is 1.38. The van der Waals surface area contributed by atoms with E-state index in [1.54, 1.807) is 50.2 Å². The highest BCUT2D eigenvalue weighted by Crippen LogP contribution is 2.19. The van der Waals surface area contributed by atoms with Gasteiger partial charge >= 0.3 is 23.9 Å². The molecule has 0 N–H and O–H groups in total. The van der Waals surface area contributed by atoms with Crippen LogP contribution in [0.4, 0.5) is 0 Å². The fourth-order valence-corrected chi connectivity index (χ4v) is 3.58. The summed E-state index contributed by atoms with van der Waals surface area (Å²) in [7, 11) is 0. The Morgan fingerprint density at radius 2 is 1.00 bits per heavy atom. The number of hydrogen-bond donors (Lipinski definition) is 0. The predicted octanol–water partition coefficient (Wildman–Crippen LogP) is 5.24. The summed E-state index contributed by atoms with van der Waals surface area (Å²) in [5.41, 5.74) is 4.01. The van der Waals surface area contributed by atoms with Crippen LogP contribution in [0.25, 0.3) is 0 Å². The number of esters is 4. The van der Waals surface area contributed by atoms with E-state index in [0.29, 0.717) is 29.1 Å². The number of benzene rings is 3. The maximum absolute atomic E-state index is 12.4. The molecule has 3 aromatic rings. The Hall–Kier alpha value is -5.02. The molecule has 0 bridgehead atoms. The molecule has 0 aliphatic rings. The molecule has 0 aliphatic carbocycles. The molecule has 0 heterocycles. The average molecular weight is 587 g/mol. The maximum atomic E-state index is 12.4. The van der Waals surface area contributed by atoms with E-state index in [-0.39, 0.29) is 32.8 Å². The lowest BCUT2D eigenvalue weighted by Crippen LogP contribution is -2.12. The van der Waals surface area contributed by atoms with Crippen molar-refractivity contribution in [2.75, 3.05) is 13.4 Å². The van der Waals surface area contributed by atoms with Crippen molar-refractivity contribution in [3.05, 3.63) is 119 Å². The molecular formula is C34H34O9. The first kappa shape index (κ1) is 32.5. The SMILES string of the molecule is C=C(C)C(=O)OCCc1ccc(CC(=O)Oc2ccc(OC(=O)Cc3ccc(COCOC(=O)C(=C)C)cc3)cc2)cc1. The maximum Gasteiger partial charge on any atom is 0.335 e. The Labute approximate surface area is 250 Å². The minimum atomic E-state index is -0.513. The average Bonchev–Trinajstić information content (AvgIpc) is 2.97. The molecule has 0 saturated heterocycles. The van der Waals surface area contributed by atoms with Gasteiger partial charge < -0.3 is 23.7 Å². The first-order valence-electron chi connectivity index (χ1n) is 13.5. The van der Waals surface area contributed by atoms with E-state index in [0.717, 1.165) is 22.3 Å². The predicted molar refractivity (Wildman–Crippen MR) is 158 cm³/mol. The van der Waals surface area contributed by atoms with Crippen LogP contribution in [0.15, 0.2) is 97.1 Å². The molecule has 224 valence electrons. The summed E-state index contributed by atoms with van der Waals surface area (Å²) in [6, 6.07) is 20.8. The molecule has 0 amide bonds. The van der Waals surface area contributed by atoms with Crippen LogP contribution < -0.4 is 9.47 Å². The molecule has 0 aliphatic heterocycles. The Morgan fingerprint density at radius 1 is 0.581 bits per heavy atom. The summed E-state index contributed by atoms with van der Waals surface area (Å²) in [6.45, 7) is 10.5. The third kappa shape index (κ3) is 11.8. The van der Waals surface area contributed by atoms with Crippen LogP contribution in [0, 0.1) is 0 Å². The molecule has 3 rings (SSSR count). The van der Waals surface area contributed by atoms with Gasteiger partial charge in [-0.3, -0.25) is 9.59 Å². The molecule has 0 aromatic heterocycles. The van der Waals surface area contributed by atoms with Gasteiger partial charge in [-0.2, -0.15) is 0 Å². The van der Waals surface area contributed by atoms with Gasteiger partial charge in [0.2, 0.25) is 0 Å². The number of carbonyl (C=O) groups excluding carboxylic acids is 4. The topological polar surface area (TPSA) is 114 Å². The molecule has 0 radical (unpaired) electrons. The van der Waals surface area contributed by atoms with E-state index in [2.05, 4.69) is 13.2 Å². The van der Waals surface area contributed by atoms with Gasteiger partial charge in [0.1, 0.15) is 11.5 Å². The molecule has 0 spiro atoms. The number of hydrogen-bond acceptors (Lipinski definition) is 9. The molecule has 0 atom stereocenters. The lowest BCUT2D eigenvalue weighted by molar-refractivity contribution is -0.152. The van der Waals surface area contributed by atoms with Crippen LogP contribution in [-0.2, 0) is 59.3 Å². The highest BCUT2D eigenvalue weighted by Gasteiger charge is 2.10. The first-order chi connectivity index (χ1) is 20.6. The number of carbonyl (C=O) groups is 4. The minimum Gasteiger partial charge on any atom is -0.462 e. The quantitative estimate of drug-likeness (QED) is 0.0776. The van der Waals surface area contributed by atoms with Crippen LogP contribution in [0.1, 0.15) is 36.1 Å². The Kier molecular flexibility index (Phi) is 12.4. The lowest BCUT2D eigenvalue weighted by atomic mass is 10.1. The smallest absolute Gasteiger partial charge is 0.335 e. The van der Waals surface area contributed by atoms with Crippen molar-refractivity contribution in [1.29, 1.82) is 0 Å². The minimum absolute atomic E-state index is 0.0620. The van der Waals surface area contributed by atoms with E-state index in [9.17, 15) is 19.2 Å². The highest BCUT2D eigenvalue weighted by atomic mass is 16.7. The van der Waals surface area contributed by atoms with E-state index >= 15 is 0 Å². The second-order valence-electron chi connectivity index (χ2n) is 9.75. The molecule has 0 unspecified atom stereocenters. The fraction of sp³-hybridized carbons (Fsp3) is 0.235. The summed E-state index contributed by atoms with van der Waals surface area (Å²) in [6.07, 6.45) is 0.696. The summed E-state index contributed by atoms with van der Waals surface area (Å²) in [4.78, 5) is 47.6. The summed E-state index contributed by atoms with van der Waals surface area (Å²) in [5.74, 6) is -1.16. The van der Waals surface area contributed by atoms with Crippen molar-refractivity contribution in [2.24, 2.45) is 0 Å². The van der Waals surface area contributed by atoms with Crippen LogP contribution in [0.3, 0.4) is 0 Å². The third-order valence-corrected chi connectivity index (χ3v) is 5.89. The number of ether oxygens (including phenoxy) is 5. The third-order valence-electron chi connectivity index (χ3n) is 5.89. The van der Waals surface area contributed by atoms with Crippen LogP contribution >= 0.6 is 0 Å². The Morgan fingerprint density at radius 3 is 1.47 bits per heavy atom. The van der Waals surface area contributed by atoms with Gasteiger partial charge in [0.25, 0.3) is 0 Å². The molecule has 0 saturated carbocycles. The van der Waals surface area contributed by atoms with Crippen LogP contribution in [-0.4, -0.2) is 37.3 Å². The van der Waals surface area contributed by atoms with Gasteiger partial charge in [-0.1, -0.05) is 61.7 Å². The monoisotopic (exact) mass is 586 g/mol. The molecule has 0 fully saturated rings. The van der Waals surface area contributed by atoms with Crippen molar-refractivity contribution in [3.63, 3.8) is 0 Å². The van der Waals surface area contributed by atoms with Gasteiger partial charge in [0, 0.05) is 17.6 Å². The van der Waals surface area contributed by atoms with Crippen molar-refractivity contribution in [3.8, 4) is 11.5 Å². The lowest BCUT2D eigenvalue weighted by Gasteiger charge is -2.08. The normalized spacial score (nSPS) is 10.4. The zero-order valence-electron chi connectivity index (χ0n) is 24.3. The van der Waals surface area contributed by atoms with E-state index < -0.39 is 23.9 Å². The number of rotatable bonds is 15. The van der Waals surface area contributed by atoms with Crippen molar-refractivity contribution < 1.29 is 42.9 Å². The van der Waals surface area contributed by atoms with Crippen molar-refractivity contribution in [1.82, 2.24) is 0 Å². The summed E-state index contributed by atoms with van der Waals surface area (Å²) >= 11 is 0. The second-order valence-corrected chi connectivity index (χ2v) is 9.75.